The minimum Gasteiger partial charge on any atom is -0.496 e. The van der Waals surface area contributed by atoms with E-state index in [1.54, 1.807) is 18.9 Å². The highest BCUT2D eigenvalue weighted by Crippen LogP contribution is 2.69. The smallest absolute Gasteiger partial charge is 0.326 e. The van der Waals surface area contributed by atoms with Gasteiger partial charge in [-0.2, -0.15) is 0 Å². The minimum atomic E-state index is -1.18. The number of aromatic amines is 1. The van der Waals surface area contributed by atoms with Gasteiger partial charge in [0.15, 0.2) is 0 Å². The van der Waals surface area contributed by atoms with Gasteiger partial charge in [-0.25, -0.2) is 4.79 Å². The largest absolute Gasteiger partial charge is 0.496 e. The molecule has 172 valence electrons. The third-order valence-corrected chi connectivity index (χ3v) is 10.6. The van der Waals surface area contributed by atoms with E-state index in [9.17, 15) is 24.3 Å². The van der Waals surface area contributed by atoms with Crippen molar-refractivity contribution in [2.75, 3.05) is 7.11 Å². The maximum absolute atomic E-state index is 13.4. The number of carbonyl (C=O) groups excluding carboxylic acids is 2. The first-order valence-electron chi connectivity index (χ1n) is 11.0. The number of carbonyl (C=O) groups is 3. The van der Waals surface area contributed by atoms with Crippen LogP contribution in [-0.2, 0) is 14.4 Å². The Morgan fingerprint density at radius 1 is 1.18 bits per heavy atom. The van der Waals surface area contributed by atoms with Crippen molar-refractivity contribution < 1.29 is 24.2 Å². The first-order chi connectivity index (χ1) is 15.8. The molecule has 1 aromatic heterocycles. The van der Waals surface area contributed by atoms with Gasteiger partial charge in [0.2, 0.25) is 11.8 Å². The summed E-state index contributed by atoms with van der Waals surface area (Å²) in [5, 5.41) is 10.4. The van der Waals surface area contributed by atoms with Crippen molar-refractivity contribution in [3.8, 4) is 5.75 Å². The summed E-state index contributed by atoms with van der Waals surface area (Å²) in [5.74, 6) is -2.32. The van der Waals surface area contributed by atoms with E-state index in [0.717, 1.165) is 32.5 Å². The lowest BCUT2D eigenvalue weighted by molar-refractivity contribution is -0.154. The number of H-pyrrole nitrogens is 1. The number of benzene rings is 1. The Bertz CT molecular complexity index is 1250. The van der Waals surface area contributed by atoms with Crippen molar-refractivity contribution in [2.45, 2.75) is 35.6 Å². The lowest BCUT2D eigenvalue weighted by Gasteiger charge is -2.43. The zero-order chi connectivity index (χ0) is 23.2. The van der Waals surface area contributed by atoms with Gasteiger partial charge in [0.1, 0.15) is 11.8 Å². The molecule has 1 aromatic carbocycles. The van der Waals surface area contributed by atoms with Crippen LogP contribution >= 0.6 is 23.1 Å². The Balaban J connectivity index is 1.47. The van der Waals surface area contributed by atoms with Crippen molar-refractivity contribution >= 4 is 40.9 Å². The van der Waals surface area contributed by atoms with Crippen molar-refractivity contribution in [3.63, 3.8) is 0 Å². The lowest BCUT2D eigenvalue weighted by atomic mass is 9.68. The highest BCUT2D eigenvalue weighted by molar-refractivity contribution is 8.00. The van der Waals surface area contributed by atoms with Crippen LogP contribution in [-0.4, -0.2) is 51.2 Å². The standard InChI is InChI=1S/C23H22N2O6S2/c1-8(22(28)29)25-20(26)15-10-7-11(16(15)21(25)27)17-14(10)13(9-5-3-4-6-12(9)31-2)18-19(32-17)24-23(30)33-18/h3-6,8,10-11,13-17H,7H2,1-2H3,(H,24,30)(H,28,29)/t8-,10-,11+,13+,14+,15+,16+,17-/m1/s1. The van der Waals surface area contributed by atoms with Gasteiger partial charge in [0.05, 0.1) is 24.0 Å². The number of aromatic nitrogens is 1. The minimum absolute atomic E-state index is 0.0359. The number of methoxy groups -OCH3 is 1. The van der Waals surface area contributed by atoms with Gasteiger partial charge in [-0.05, 0) is 37.2 Å². The molecule has 2 aromatic rings. The lowest BCUT2D eigenvalue weighted by Crippen LogP contribution is -2.44. The van der Waals surface area contributed by atoms with Gasteiger partial charge in [0, 0.05) is 21.6 Å². The van der Waals surface area contributed by atoms with Gasteiger partial charge >= 0.3 is 10.8 Å². The SMILES string of the molecule is COc1ccccc1[C@@H]1c2sc(=O)[nH]c2S[C@@H]2[C@H]3C[C@@H]([C@@H]4C(=O)N([C@H](C)C(=O)O)C(=O)[C@@H]34)[C@@H]12. The summed E-state index contributed by atoms with van der Waals surface area (Å²) >= 11 is 2.80. The van der Waals surface area contributed by atoms with Gasteiger partial charge < -0.3 is 14.8 Å². The van der Waals surface area contributed by atoms with Gasteiger partial charge in [-0.3, -0.25) is 19.3 Å². The molecule has 0 radical (unpaired) electrons. The summed E-state index contributed by atoms with van der Waals surface area (Å²) < 4.78 is 5.66. The molecule has 2 saturated carbocycles. The average molecular weight is 487 g/mol. The van der Waals surface area contributed by atoms with E-state index in [0.29, 0.717) is 0 Å². The Kier molecular flexibility index (Phi) is 4.58. The summed E-state index contributed by atoms with van der Waals surface area (Å²) in [6.45, 7) is 1.39. The highest BCUT2D eigenvalue weighted by Gasteiger charge is 2.70. The topological polar surface area (TPSA) is 117 Å². The molecule has 2 bridgehead atoms. The predicted octanol–water partition coefficient (Wildman–Crippen LogP) is 2.39. The van der Waals surface area contributed by atoms with Crippen LogP contribution in [0.2, 0.25) is 0 Å². The second-order valence-corrected chi connectivity index (χ2v) is 11.5. The molecular weight excluding hydrogens is 464 g/mol. The molecule has 3 heterocycles. The van der Waals surface area contributed by atoms with Crippen LogP contribution in [0, 0.1) is 29.6 Å². The number of ether oxygens (including phenoxy) is 1. The molecule has 3 fully saturated rings. The zero-order valence-electron chi connectivity index (χ0n) is 17.9. The van der Waals surface area contributed by atoms with E-state index in [-0.39, 0.29) is 45.6 Å². The summed E-state index contributed by atoms with van der Waals surface area (Å²) in [4.78, 5) is 55.3. The van der Waals surface area contributed by atoms with Crippen LogP contribution in [0.1, 0.15) is 29.7 Å². The fourth-order valence-electron chi connectivity index (χ4n) is 6.80. The Hall–Kier alpha value is -2.59. The van der Waals surface area contributed by atoms with Crippen LogP contribution < -0.4 is 9.61 Å². The van der Waals surface area contributed by atoms with Gasteiger partial charge in [-0.15, -0.1) is 11.8 Å². The van der Waals surface area contributed by atoms with E-state index in [1.807, 2.05) is 24.3 Å². The molecule has 10 heteroatoms. The molecular formula is C23H22N2O6S2. The van der Waals surface area contributed by atoms with Crippen molar-refractivity contribution in [3.05, 3.63) is 44.4 Å². The number of hydrogen-bond acceptors (Lipinski definition) is 7. The maximum atomic E-state index is 13.4. The molecule has 8 nitrogen and oxygen atoms in total. The number of likely N-dealkylation sites (tertiary alicyclic amines) is 1. The molecule has 0 unspecified atom stereocenters. The first-order valence-corrected chi connectivity index (χ1v) is 12.7. The summed E-state index contributed by atoms with van der Waals surface area (Å²) in [7, 11) is 1.62. The fourth-order valence-corrected chi connectivity index (χ4v) is 9.68. The number of thioether (sulfide) groups is 1. The molecule has 4 aliphatic rings. The second-order valence-electron chi connectivity index (χ2n) is 9.26. The monoisotopic (exact) mass is 486 g/mol. The fraction of sp³-hybridized carbons (Fsp3) is 0.478. The molecule has 8 atom stereocenters. The summed E-state index contributed by atoms with van der Waals surface area (Å²) in [6.07, 6.45) is 0.759. The van der Waals surface area contributed by atoms with E-state index in [4.69, 9.17) is 4.74 Å². The van der Waals surface area contributed by atoms with E-state index < -0.39 is 23.8 Å². The second kappa shape index (κ2) is 7.20. The van der Waals surface area contributed by atoms with Crippen LogP contribution in [0.3, 0.4) is 0 Å². The van der Waals surface area contributed by atoms with E-state index in [1.165, 1.54) is 18.3 Å². The summed E-state index contributed by atoms with van der Waals surface area (Å²) in [5.41, 5.74) is 0.975. The average Bonchev–Trinajstić information content (AvgIpc) is 3.52. The van der Waals surface area contributed by atoms with Gasteiger partial charge in [0.25, 0.3) is 0 Å². The maximum Gasteiger partial charge on any atom is 0.326 e. The number of thiazole rings is 1. The van der Waals surface area contributed by atoms with Crippen LogP contribution in [0.25, 0.3) is 0 Å². The van der Waals surface area contributed by atoms with Gasteiger partial charge in [-0.1, -0.05) is 29.5 Å². The number of nitrogens with one attached hydrogen (secondary N) is 1. The number of fused-ring (bicyclic) bond motifs is 9. The first kappa shape index (κ1) is 21.0. The molecule has 2 aliphatic carbocycles. The third kappa shape index (κ3) is 2.70. The van der Waals surface area contributed by atoms with Crippen LogP contribution in [0.15, 0.2) is 34.1 Å². The van der Waals surface area contributed by atoms with E-state index in [2.05, 4.69) is 4.98 Å². The normalized spacial score (nSPS) is 34.7. The number of carboxylic acid groups (broad SMARTS) is 1. The Morgan fingerprint density at radius 2 is 1.88 bits per heavy atom. The number of amides is 2. The summed E-state index contributed by atoms with van der Waals surface area (Å²) in [6, 6.07) is 6.58. The number of imide groups is 1. The number of nitrogens with zero attached hydrogens (tertiary/aromatic N) is 1. The van der Waals surface area contributed by atoms with Crippen LogP contribution in [0.4, 0.5) is 0 Å². The highest BCUT2D eigenvalue weighted by atomic mass is 32.2. The third-order valence-electron chi connectivity index (χ3n) is 7.98. The Labute approximate surface area is 197 Å². The quantitative estimate of drug-likeness (QED) is 0.638. The molecule has 0 spiro atoms. The number of hydrogen-bond donors (Lipinski definition) is 2. The number of para-hydroxylation sites is 1. The van der Waals surface area contributed by atoms with Crippen molar-refractivity contribution in [1.29, 1.82) is 0 Å². The van der Waals surface area contributed by atoms with Crippen molar-refractivity contribution in [2.24, 2.45) is 29.6 Å². The molecule has 2 N–H and O–H groups in total. The molecule has 1 saturated heterocycles. The molecule has 2 amide bonds. The molecule has 2 aliphatic heterocycles. The molecule has 33 heavy (non-hydrogen) atoms. The van der Waals surface area contributed by atoms with Crippen molar-refractivity contribution in [1.82, 2.24) is 9.88 Å². The molecule has 6 rings (SSSR count). The number of carboxylic acids is 1. The zero-order valence-corrected chi connectivity index (χ0v) is 19.5. The van der Waals surface area contributed by atoms with E-state index >= 15 is 0 Å². The number of aliphatic carboxylic acids is 1. The number of rotatable bonds is 4. The predicted molar refractivity (Wildman–Crippen MR) is 120 cm³/mol. The van der Waals surface area contributed by atoms with Crippen LogP contribution in [0.5, 0.6) is 5.75 Å². The Morgan fingerprint density at radius 3 is 2.58 bits per heavy atom.